The molecule has 0 saturated carbocycles. The van der Waals surface area contributed by atoms with Gasteiger partial charge in [-0.05, 0) is 37.8 Å². The first-order chi connectivity index (χ1) is 13.5. The van der Waals surface area contributed by atoms with Gasteiger partial charge in [0.05, 0.1) is 24.2 Å². The maximum absolute atomic E-state index is 5.50. The molecule has 5 nitrogen and oxygen atoms in total. The van der Waals surface area contributed by atoms with Crippen LogP contribution in [0.4, 0.5) is 0 Å². The molecule has 1 aliphatic rings. The fourth-order valence-corrected chi connectivity index (χ4v) is 4.08. The third kappa shape index (κ3) is 3.76. The first kappa shape index (κ1) is 18.9. The number of pyridine rings is 1. The number of aromatic nitrogens is 3. The molecule has 0 unspecified atom stereocenters. The Morgan fingerprint density at radius 2 is 1.96 bits per heavy atom. The molecule has 5 heteroatoms. The normalized spacial score (nSPS) is 14.6. The first-order valence-electron chi connectivity index (χ1n) is 10.2. The summed E-state index contributed by atoms with van der Waals surface area (Å²) in [5, 5.41) is 1.12. The summed E-state index contributed by atoms with van der Waals surface area (Å²) in [6.07, 6.45) is 2.26. The van der Waals surface area contributed by atoms with Gasteiger partial charge in [0.1, 0.15) is 17.1 Å². The predicted molar refractivity (Wildman–Crippen MR) is 113 cm³/mol. The minimum absolute atomic E-state index is 0.703. The van der Waals surface area contributed by atoms with Gasteiger partial charge in [0.2, 0.25) is 0 Å². The zero-order valence-electron chi connectivity index (χ0n) is 17.4. The van der Waals surface area contributed by atoms with Crippen molar-refractivity contribution in [3.63, 3.8) is 0 Å². The van der Waals surface area contributed by atoms with E-state index in [9.17, 15) is 0 Å². The lowest BCUT2D eigenvalue weighted by atomic mass is 10.0. The van der Waals surface area contributed by atoms with Crippen LogP contribution >= 0.6 is 0 Å². The maximum Gasteiger partial charge on any atom is 0.145 e. The Kier molecular flexibility index (Phi) is 5.36. The SMILES string of the molecule is COc1cccc2ccc(CN3CCn4c(C)nc(CCC(C)C)c4C3)nc12. The minimum atomic E-state index is 0.703. The van der Waals surface area contributed by atoms with Crippen molar-refractivity contribution in [1.82, 2.24) is 19.4 Å². The van der Waals surface area contributed by atoms with Crippen LogP contribution in [-0.4, -0.2) is 33.1 Å². The number of hydrogen-bond acceptors (Lipinski definition) is 4. The van der Waals surface area contributed by atoms with E-state index in [-0.39, 0.29) is 0 Å². The number of aryl methyl sites for hydroxylation is 2. The number of fused-ring (bicyclic) bond motifs is 2. The third-order valence-corrected chi connectivity index (χ3v) is 5.66. The van der Waals surface area contributed by atoms with Crippen molar-refractivity contribution >= 4 is 10.9 Å². The number of ether oxygens (including phenoxy) is 1. The Bertz CT molecular complexity index is 976. The molecule has 4 rings (SSSR count). The zero-order valence-corrected chi connectivity index (χ0v) is 17.4. The maximum atomic E-state index is 5.50. The quantitative estimate of drug-likeness (QED) is 0.639. The van der Waals surface area contributed by atoms with E-state index >= 15 is 0 Å². The summed E-state index contributed by atoms with van der Waals surface area (Å²) in [7, 11) is 1.70. The molecule has 0 spiro atoms. The molecule has 0 aliphatic carbocycles. The van der Waals surface area contributed by atoms with Gasteiger partial charge in [0.25, 0.3) is 0 Å². The van der Waals surface area contributed by atoms with E-state index in [4.69, 9.17) is 14.7 Å². The van der Waals surface area contributed by atoms with Crippen LogP contribution in [0, 0.1) is 12.8 Å². The molecule has 2 aromatic heterocycles. The Morgan fingerprint density at radius 3 is 2.75 bits per heavy atom. The topological polar surface area (TPSA) is 43.2 Å². The molecular weight excluding hydrogens is 348 g/mol. The Hall–Kier alpha value is -2.40. The average molecular weight is 379 g/mol. The number of nitrogens with zero attached hydrogens (tertiary/aromatic N) is 4. The van der Waals surface area contributed by atoms with E-state index in [1.54, 1.807) is 7.11 Å². The van der Waals surface area contributed by atoms with Crippen molar-refractivity contribution in [1.29, 1.82) is 0 Å². The highest BCUT2D eigenvalue weighted by atomic mass is 16.5. The van der Waals surface area contributed by atoms with Crippen molar-refractivity contribution in [3.8, 4) is 5.75 Å². The lowest BCUT2D eigenvalue weighted by Gasteiger charge is -2.29. The molecule has 3 aromatic rings. The monoisotopic (exact) mass is 378 g/mol. The lowest BCUT2D eigenvalue weighted by Crippen LogP contribution is -2.34. The number of benzene rings is 1. The zero-order chi connectivity index (χ0) is 19.7. The summed E-state index contributed by atoms with van der Waals surface area (Å²) in [5.74, 6) is 2.69. The molecule has 0 bridgehead atoms. The number of methoxy groups -OCH3 is 1. The molecule has 0 fully saturated rings. The van der Waals surface area contributed by atoms with Crippen LogP contribution < -0.4 is 4.74 Å². The largest absolute Gasteiger partial charge is 0.494 e. The van der Waals surface area contributed by atoms with Gasteiger partial charge in [-0.2, -0.15) is 0 Å². The number of hydrogen-bond donors (Lipinski definition) is 0. The van der Waals surface area contributed by atoms with Crippen molar-refractivity contribution in [3.05, 3.63) is 53.2 Å². The standard InChI is InChI=1S/C23H30N4O/c1-16(2)8-11-20-21-15-26(12-13-27(21)17(3)24-20)14-19-10-9-18-6-5-7-22(28-4)23(18)25-19/h5-7,9-10,16H,8,11-15H2,1-4H3. The average Bonchev–Trinajstić information content (AvgIpc) is 3.01. The predicted octanol–water partition coefficient (Wildman–Crippen LogP) is 4.35. The number of rotatable bonds is 6. The number of imidazole rings is 1. The minimum Gasteiger partial charge on any atom is -0.494 e. The molecule has 28 heavy (non-hydrogen) atoms. The van der Waals surface area contributed by atoms with Crippen molar-refractivity contribution in [2.24, 2.45) is 5.92 Å². The second-order valence-electron chi connectivity index (χ2n) is 8.18. The smallest absolute Gasteiger partial charge is 0.145 e. The Balaban J connectivity index is 1.54. The van der Waals surface area contributed by atoms with Gasteiger partial charge in [-0.15, -0.1) is 0 Å². The van der Waals surface area contributed by atoms with Gasteiger partial charge >= 0.3 is 0 Å². The second kappa shape index (κ2) is 7.92. The summed E-state index contributed by atoms with van der Waals surface area (Å²) in [6.45, 7) is 10.5. The van der Waals surface area contributed by atoms with Gasteiger partial charge < -0.3 is 9.30 Å². The molecule has 0 amide bonds. The van der Waals surface area contributed by atoms with Crippen molar-refractivity contribution in [2.45, 2.75) is 53.2 Å². The van der Waals surface area contributed by atoms with Gasteiger partial charge in [0.15, 0.2) is 0 Å². The highest BCUT2D eigenvalue weighted by Crippen LogP contribution is 2.25. The Labute approximate surface area is 167 Å². The van der Waals surface area contributed by atoms with Crippen LogP contribution in [0.5, 0.6) is 5.75 Å². The van der Waals surface area contributed by atoms with E-state index in [1.807, 2.05) is 12.1 Å². The molecule has 148 valence electrons. The summed E-state index contributed by atoms with van der Waals surface area (Å²) in [4.78, 5) is 12.3. The lowest BCUT2D eigenvalue weighted by molar-refractivity contribution is 0.208. The van der Waals surface area contributed by atoms with E-state index in [1.165, 1.54) is 17.8 Å². The van der Waals surface area contributed by atoms with Crippen LogP contribution in [-0.2, 0) is 26.1 Å². The molecule has 1 aromatic carbocycles. The van der Waals surface area contributed by atoms with E-state index < -0.39 is 0 Å². The number of para-hydroxylation sites is 1. The van der Waals surface area contributed by atoms with E-state index in [0.29, 0.717) is 5.92 Å². The molecule has 0 atom stereocenters. The molecule has 0 radical (unpaired) electrons. The van der Waals surface area contributed by atoms with Crippen LogP contribution in [0.3, 0.4) is 0 Å². The first-order valence-corrected chi connectivity index (χ1v) is 10.2. The van der Waals surface area contributed by atoms with Gasteiger partial charge in [-0.3, -0.25) is 4.90 Å². The summed E-state index contributed by atoms with van der Waals surface area (Å²) in [5.41, 5.74) is 4.70. The summed E-state index contributed by atoms with van der Waals surface area (Å²) < 4.78 is 7.90. The molecule has 3 heterocycles. The molecule has 1 aliphatic heterocycles. The van der Waals surface area contributed by atoms with Crippen LogP contribution in [0.2, 0.25) is 0 Å². The second-order valence-corrected chi connectivity index (χ2v) is 8.18. The van der Waals surface area contributed by atoms with Crippen LogP contribution in [0.1, 0.15) is 43.2 Å². The third-order valence-electron chi connectivity index (χ3n) is 5.66. The molecule has 0 saturated heterocycles. The van der Waals surface area contributed by atoms with Gasteiger partial charge in [-0.25, -0.2) is 9.97 Å². The van der Waals surface area contributed by atoms with Crippen LogP contribution in [0.25, 0.3) is 10.9 Å². The van der Waals surface area contributed by atoms with Crippen molar-refractivity contribution in [2.75, 3.05) is 13.7 Å². The summed E-state index contributed by atoms with van der Waals surface area (Å²) >= 11 is 0. The van der Waals surface area contributed by atoms with E-state index in [0.717, 1.165) is 60.8 Å². The molecular formula is C23H30N4O. The molecule has 0 N–H and O–H groups in total. The fraction of sp³-hybridized carbons (Fsp3) is 0.478. The summed E-state index contributed by atoms with van der Waals surface area (Å²) in [6, 6.07) is 10.3. The highest BCUT2D eigenvalue weighted by molar-refractivity contribution is 5.84. The van der Waals surface area contributed by atoms with E-state index in [2.05, 4.69) is 48.4 Å². The highest BCUT2D eigenvalue weighted by Gasteiger charge is 2.23. The fourth-order valence-electron chi connectivity index (χ4n) is 4.08. The van der Waals surface area contributed by atoms with Crippen molar-refractivity contribution < 1.29 is 4.74 Å². The van der Waals surface area contributed by atoms with Gasteiger partial charge in [-0.1, -0.05) is 32.0 Å². The van der Waals surface area contributed by atoms with Crippen LogP contribution in [0.15, 0.2) is 30.3 Å². The Morgan fingerprint density at radius 1 is 1.11 bits per heavy atom. The van der Waals surface area contributed by atoms with Gasteiger partial charge in [0, 0.05) is 31.6 Å².